The average molecular weight is 419 g/mol. The Morgan fingerprint density at radius 1 is 1.21 bits per heavy atom. The topological polar surface area (TPSA) is 193 Å². The third-order valence-corrected chi connectivity index (χ3v) is 3.22. The molecule has 0 spiro atoms. The molecule has 0 radical (unpaired) electrons. The summed E-state index contributed by atoms with van der Waals surface area (Å²) in [5, 5.41) is 33.0. The lowest BCUT2D eigenvalue weighted by molar-refractivity contribution is -0.757. The summed E-state index contributed by atoms with van der Waals surface area (Å²) in [6, 6.07) is -1.14. The molecule has 1 atom stereocenters. The minimum absolute atomic E-state index is 0.0754. The number of ether oxygens (including phenoxy) is 1. The lowest BCUT2D eigenvalue weighted by Gasteiger charge is -2.22. The van der Waals surface area contributed by atoms with Crippen LogP contribution in [0.2, 0.25) is 0 Å². The monoisotopic (exact) mass is 419 g/mol. The van der Waals surface area contributed by atoms with Crippen LogP contribution in [-0.2, 0) is 19.2 Å². The predicted molar refractivity (Wildman–Crippen MR) is 101 cm³/mol. The van der Waals surface area contributed by atoms with E-state index in [1.165, 1.54) is 0 Å². The molecule has 0 rings (SSSR count). The van der Waals surface area contributed by atoms with E-state index in [-0.39, 0.29) is 32.0 Å². The summed E-state index contributed by atoms with van der Waals surface area (Å²) in [5.74, 6) is -1.89. The van der Waals surface area contributed by atoms with Gasteiger partial charge in [0.15, 0.2) is 5.96 Å². The van der Waals surface area contributed by atoms with Crippen LogP contribution in [0.1, 0.15) is 52.9 Å². The van der Waals surface area contributed by atoms with Gasteiger partial charge in [0.2, 0.25) is 5.91 Å². The highest BCUT2D eigenvalue weighted by atomic mass is 16.9. The molecule has 1 unspecified atom stereocenters. The van der Waals surface area contributed by atoms with Crippen molar-refractivity contribution in [2.75, 3.05) is 13.2 Å². The first-order valence-electron chi connectivity index (χ1n) is 9.02. The zero-order valence-corrected chi connectivity index (χ0v) is 16.8. The van der Waals surface area contributed by atoms with Crippen molar-refractivity contribution in [2.45, 2.75) is 64.5 Å². The van der Waals surface area contributed by atoms with Crippen LogP contribution in [0.25, 0.3) is 0 Å². The van der Waals surface area contributed by atoms with Crippen LogP contribution in [0.5, 0.6) is 0 Å². The molecule has 0 fully saturated rings. The molecule has 166 valence electrons. The molecule has 13 nitrogen and oxygen atoms in total. The van der Waals surface area contributed by atoms with E-state index in [9.17, 15) is 24.5 Å². The molecule has 0 aromatic carbocycles. The van der Waals surface area contributed by atoms with Crippen LogP contribution in [0.3, 0.4) is 0 Å². The molecule has 0 saturated carbocycles. The number of amides is 2. The second-order valence-corrected chi connectivity index (χ2v) is 7.04. The van der Waals surface area contributed by atoms with E-state index in [0.717, 1.165) is 0 Å². The quantitative estimate of drug-likeness (QED) is 0.0998. The zero-order valence-electron chi connectivity index (χ0n) is 16.8. The SMILES string of the molecule is CC(C)(C)OC(=O)NC(CCCNC(=N)NC(=O)CCCCO[N+](=O)[O-])C(=O)O. The second kappa shape index (κ2) is 13.1. The predicted octanol–water partition coefficient (Wildman–Crippen LogP) is 0.764. The highest BCUT2D eigenvalue weighted by molar-refractivity contribution is 5.95. The number of hydrogen-bond donors (Lipinski definition) is 5. The zero-order chi connectivity index (χ0) is 22.4. The Bertz CT molecular complexity index is 590. The Balaban J connectivity index is 4.03. The van der Waals surface area contributed by atoms with Gasteiger partial charge in [-0.1, -0.05) is 0 Å². The summed E-state index contributed by atoms with van der Waals surface area (Å²) in [5.41, 5.74) is -0.749. The number of rotatable bonds is 12. The maximum atomic E-state index is 11.7. The molecule has 0 aliphatic rings. The normalized spacial score (nSPS) is 11.7. The van der Waals surface area contributed by atoms with Crippen LogP contribution in [0.15, 0.2) is 0 Å². The van der Waals surface area contributed by atoms with Gasteiger partial charge < -0.3 is 25.3 Å². The summed E-state index contributed by atoms with van der Waals surface area (Å²) in [6.07, 6.45) is 0.343. The summed E-state index contributed by atoms with van der Waals surface area (Å²) in [6.45, 7) is 5.08. The third-order valence-electron chi connectivity index (χ3n) is 3.22. The van der Waals surface area contributed by atoms with Gasteiger partial charge in [0, 0.05) is 13.0 Å². The highest BCUT2D eigenvalue weighted by Crippen LogP contribution is 2.07. The van der Waals surface area contributed by atoms with E-state index >= 15 is 0 Å². The Kier molecular flexibility index (Phi) is 11.7. The number of carbonyl (C=O) groups excluding carboxylic acids is 2. The van der Waals surface area contributed by atoms with Gasteiger partial charge in [-0.15, -0.1) is 10.1 Å². The number of carbonyl (C=O) groups is 3. The fraction of sp³-hybridized carbons (Fsp3) is 0.750. The molecule has 13 heteroatoms. The van der Waals surface area contributed by atoms with Crippen LogP contribution >= 0.6 is 0 Å². The molecule has 0 heterocycles. The van der Waals surface area contributed by atoms with Crippen LogP contribution in [0, 0.1) is 15.5 Å². The Labute approximate surface area is 168 Å². The van der Waals surface area contributed by atoms with Crippen LogP contribution in [0.4, 0.5) is 4.79 Å². The second-order valence-electron chi connectivity index (χ2n) is 7.04. The van der Waals surface area contributed by atoms with Gasteiger partial charge in [0.1, 0.15) is 11.6 Å². The molecular formula is C16H29N5O8. The molecule has 0 aliphatic carbocycles. The number of unbranched alkanes of at least 4 members (excludes halogenated alkanes) is 1. The summed E-state index contributed by atoms with van der Waals surface area (Å²) in [4.78, 5) is 48.6. The minimum Gasteiger partial charge on any atom is -0.480 e. The van der Waals surface area contributed by atoms with Crippen molar-refractivity contribution in [3.8, 4) is 0 Å². The van der Waals surface area contributed by atoms with Crippen molar-refractivity contribution in [3.63, 3.8) is 0 Å². The van der Waals surface area contributed by atoms with Crippen LogP contribution < -0.4 is 16.0 Å². The fourth-order valence-corrected chi connectivity index (χ4v) is 2.00. The number of alkyl carbamates (subject to hydrolysis) is 1. The number of carboxylic acid groups (broad SMARTS) is 1. The van der Waals surface area contributed by atoms with E-state index in [2.05, 4.69) is 20.8 Å². The number of guanidine groups is 1. The van der Waals surface area contributed by atoms with Gasteiger partial charge in [0.25, 0.3) is 5.09 Å². The maximum Gasteiger partial charge on any atom is 0.408 e. The summed E-state index contributed by atoms with van der Waals surface area (Å²) >= 11 is 0. The van der Waals surface area contributed by atoms with E-state index in [1.54, 1.807) is 20.8 Å². The average Bonchev–Trinajstić information content (AvgIpc) is 2.55. The van der Waals surface area contributed by atoms with E-state index < -0.39 is 34.7 Å². The molecule has 0 saturated heterocycles. The first-order valence-corrected chi connectivity index (χ1v) is 9.02. The minimum atomic E-state index is -1.21. The summed E-state index contributed by atoms with van der Waals surface area (Å²) in [7, 11) is 0. The molecule has 0 aromatic rings. The van der Waals surface area contributed by atoms with Crippen molar-refractivity contribution in [2.24, 2.45) is 0 Å². The number of carboxylic acids is 1. The van der Waals surface area contributed by atoms with E-state index in [0.29, 0.717) is 19.3 Å². The molecular weight excluding hydrogens is 390 g/mol. The van der Waals surface area contributed by atoms with Gasteiger partial charge >= 0.3 is 12.1 Å². The van der Waals surface area contributed by atoms with Crippen molar-refractivity contribution in [1.29, 1.82) is 5.41 Å². The lowest BCUT2D eigenvalue weighted by atomic mass is 10.1. The summed E-state index contributed by atoms with van der Waals surface area (Å²) < 4.78 is 5.01. The Morgan fingerprint density at radius 2 is 1.86 bits per heavy atom. The molecule has 29 heavy (non-hydrogen) atoms. The molecule has 0 aliphatic heterocycles. The van der Waals surface area contributed by atoms with Gasteiger partial charge in [0.05, 0.1) is 6.61 Å². The van der Waals surface area contributed by atoms with Crippen LogP contribution in [-0.4, -0.2) is 58.9 Å². The van der Waals surface area contributed by atoms with Crippen molar-refractivity contribution in [1.82, 2.24) is 16.0 Å². The number of nitrogens with one attached hydrogen (secondary N) is 4. The van der Waals surface area contributed by atoms with Gasteiger partial charge in [-0.3, -0.25) is 15.5 Å². The van der Waals surface area contributed by atoms with E-state index in [1.807, 2.05) is 0 Å². The van der Waals surface area contributed by atoms with Gasteiger partial charge in [-0.25, -0.2) is 9.59 Å². The number of aliphatic carboxylic acids is 1. The van der Waals surface area contributed by atoms with Gasteiger partial charge in [-0.05, 0) is 46.5 Å². The van der Waals surface area contributed by atoms with Gasteiger partial charge in [-0.2, -0.15) is 0 Å². The maximum absolute atomic E-state index is 11.7. The number of nitrogens with zero attached hydrogens (tertiary/aromatic N) is 1. The standard InChI is InChI=1S/C16H29N5O8/c1-16(2,3)29-15(25)19-11(13(23)24)7-6-9-18-14(17)20-12(22)8-4-5-10-28-21(26)27/h11H,4-10H2,1-3H3,(H,19,25)(H,23,24)(H3,17,18,20,22). The Morgan fingerprint density at radius 3 is 2.41 bits per heavy atom. The third kappa shape index (κ3) is 15.6. The molecule has 5 N–H and O–H groups in total. The first-order chi connectivity index (χ1) is 13.4. The molecule has 0 aromatic heterocycles. The molecule has 2 amide bonds. The number of hydrogen-bond acceptors (Lipinski definition) is 8. The fourth-order valence-electron chi connectivity index (χ4n) is 2.00. The van der Waals surface area contributed by atoms with E-state index in [4.69, 9.17) is 15.3 Å². The van der Waals surface area contributed by atoms with Crippen molar-refractivity contribution < 1.29 is 34.2 Å². The lowest BCUT2D eigenvalue weighted by Crippen LogP contribution is -2.44. The Hall–Kier alpha value is -3.12. The van der Waals surface area contributed by atoms with Crippen molar-refractivity contribution >= 4 is 23.9 Å². The first kappa shape index (κ1) is 25.9. The van der Waals surface area contributed by atoms with Crippen molar-refractivity contribution in [3.05, 3.63) is 10.1 Å². The molecule has 0 bridgehead atoms. The smallest absolute Gasteiger partial charge is 0.408 e. The largest absolute Gasteiger partial charge is 0.480 e. The highest BCUT2D eigenvalue weighted by Gasteiger charge is 2.23.